The zero-order chi connectivity index (χ0) is 25.8. The normalized spacial score (nSPS) is 17.3. The number of carboxylic acid groups (broad SMARTS) is 1. The molecule has 9 nitrogen and oxygen atoms in total. The Kier molecular flexibility index (Phi) is 11.7. The van der Waals surface area contributed by atoms with Gasteiger partial charge in [0.25, 0.3) is 0 Å². The van der Waals surface area contributed by atoms with E-state index in [2.05, 4.69) is 12.2 Å². The average molecular weight is 490 g/mol. The number of nitrogens with zero attached hydrogens (tertiary/aromatic N) is 2. The molecule has 9 heteroatoms. The molecule has 1 aliphatic heterocycles. The number of imide groups is 1. The molecular formula is C26H39N3O6. The van der Waals surface area contributed by atoms with Crippen LogP contribution in [0.25, 0.3) is 0 Å². The Morgan fingerprint density at radius 1 is 1.06 bits per heavy atom. The van der Waals surface area contributed by atoms with Crippen LogP contribution in [0.5, 0.6) is 0 Å². The first kappa shape index (κ1) is 28.3. The monoisotopic (exact) mass is 489 g/mol. The zero-order valence-corrected chi connectivity index (χ0v) is 21.1. The molecule has 1 heterocycles. The highest BCUT2D eigenvalue weighted by molar-refractivity contribution is 6.02. The Morgan fingerprint density at radius 3 is 2.34 bits per heavy atom. The van der Waals surface area contributed by atoms with Crippen LogP contribution in [-0.2, 0) is 25.7 Å². The molecule has 2 N–H and O–H groups in total. The van der Waals surface area contributed by atoms with Crippen molar-refractivity contribution < 1.29 is 29.0 Å². The van der Waals surface area contributed by atoms with Gasteiger partial charge in [0.05, 0.1) is 12.6 Å². The summed E-state index contributed by atoms with van der Waals surface area (Å²) in [6, 6.07) is 5.81. The number of nitrogens with one attached hydrogen (secondary N) is 1. The Balaban J connectivity index is 2.08. The molecule has 2 rings (SSSR count). The predicted octanol–water partition coefficient (Wildman–Crippen LogP) is 3.56. The number of carboxylic acids is 1. The first-order valence-corrected chi connectivity index (χ1v) is 12.6. The molecule has 0 spiro atoms. The topological polar surface area (TPSA) is 116 Å². The largest absolute Gasteiger partial charge is 0.480 e. The fourth-order valence-corrected chi connectivity index (χ4v) is 4.17. The van der Waals surface area contributed by atoms with Gasteiger partial charge in [0.15, 0.2) is 6.04 Å². The van der Waals surface area contributed by atoms with Crippen molar-refractivity contribution in [1.82, 2.24) is 15.1 Å². The molecule has 1 aromatic rings. The second-order valence-corrected chi connectivity index (χ2v) is 9.06. The summed E-state index contributed by atoms with van der Waals surface area (Å²) in [7, 11) is 1.46. The van der Waals surface area contributed by atoms with Crippen molar-refractivity contribution in [3.05, 3.63) is 35.9 Å². The van der Waals surface area contributed by atoms with Gasteiger partial charge >= 0.3 is 18.0 Å². The lowest BCUT2D eigenvalue weighted by Crippen LogP contribution is -2.55. The highest BCUT2D eigenvalue weighted by Crippen LogP contribution is 2.18. The first-order chi connectivity index (χ1) is 16.8. The second kappa shape index (κ2) is 14.5. The van der Waals surface area contributed by atoms with Gasteiger partial charge in [0.1, 0.15) is 12.6 Å². The number of hydrogen-bond acceptors (Lipinski definition) is 6. The Hall–Kier alpha value is -2.94. The van der Waals surface area contributed by atoms with E-state index < -0.39 is 42.0 Å². The Morgan fingerprint density at radius 2 is 1.71 bits per heavy atom. The number of hydrogen-bond donors (Lipinski definition) is 2. The van der Waals surface area contributed by atoms with Crippen LogP contribution in [0, 0.1) is 0 Å². The fraction of sp³-hybridized carbons (Fsp3) is 0.615. The Labute approximate surface area is 207 Å². The molecule has 1 aliphatic rings. The number of unbranched alkanes of at least 4 members (excludes halogenated alkanes) is 5. The third-order valence-corrected chi connectivity index (χ3v) is 6.28. The third kappa shape index (κ3) is 8.35. The third-order valence-electron chi connectivity index (χ3n) is 6.28. The summed E-state index contributed by atoms with van der Waals surface area (Å²) in [5.41, 5.74) is 0.859. The number of rotatable bonds is 15. The van der Waals surface area contributed by atoms with E-state index in [0.717, 1.165) is 42.6 Å². The smallest absolute Gasteiger partial charge is 0.328 e. The maximum atomic E-state index is 13.2. The number of amides is 3. The lowest BCUT2D eigenvalue weighted by molar-refractivity contribution is -0.150. The molecule has 35 heavy (non-hydrogen) atoms. The molecule has 0 unspecified atom stereocenters. The summed E-state index contributed by atoms with van der Waals surface area (Å²) in [6.45, 7) is 3.96. The lowest BCUT2D eigenvalue weighted by Gasteiger charge is -2.27. The van der Waals surface area contributed by atoms with E-state index in [4.69, 9.17) is 4.74 Å². The van der Waals surface area contributed by atoms with E-state index in [1.165, 1.54) is 18.4 Å². The predicted molar refractivity (Wildman–Crippen MR) is 132 cm³/mol. The molecule has 3 atom stereocenters. The maximum Gasteiger partial charge on any atom is 0.328 e. The van der Waals surface area contributed by atoms with Crippen molar-refractivity contribution in [3.63, 3.8) is 0 Å². The SMILES string of the molecule is CCCCCCCC[C@H](N[C@H](CC)C(=O)N1C(=O)N(C)C[C@H]1C(=O)O)C(=O)OCc1ccccc1. The molecule has 3 amide bonds. The van der Waals surface area contributed by atoms with Crippen LogP contribution in [-0.4, -0.2) is 70.5 Å². The van der Waals surface area contributed by atoms with E-state index in [0.29, 0.717) is 6.42 Å². The number of carbonyl (C=O) groups is 4. The highest BCUT2D eigenvalue weighted by atomic mass is 16.5. The van der Waals surface area contributed by atoms with Crippen LogP contribution >= 0.6 is 0 Å². The van der Waals surface area contributed by atoms with E-state index in [-0.39, 0.29) is 19.6 Å². The Bertz CT molecular complexity index is 847. The molecule has 0 radical (unpaired) electrons. The number of carbonyl (C=O) groups excluding carboxylic acids is 3. The summed E-state index contributed by atoms with van der Waals surface area (Å²) in [5.74, 6) is -2.34. The number of likely N-dealkylation sites (N-methyl/N-ethyl adjacent to an activating group) is 1. The van der Waals surface area contributed by atoms with Crippen molar-refractivity contribution in [3.8, 4) is 0 Å². The van der Waals surface area contributed by atoms with Crippen molar-refractivity contribution >= 4 is 23.9 Å². The van der Waals surface area contributed by atoms with E-state index in [1.807, 2.05) is 30.3 Å². The van der Waals surface area contributed by atoms with Crippen molar-refractivity contribution in [1.29, 1.82) is 0 Å². The van der Waals surface area contributed by atoms with E-state index >= 15 is 0 Å². The number of benzene rings is 1. The van der Waals surface area contributed by atoms with Gasteiger partial charge < -0.3 is 14.7 Å². The van der Waals surface area contributed by atoms with Crippen LogP contribution in [0.3, 0.4) is 0 Å². The summed E-state index contributed by atoms with van der Waals surface area (Å²) in [6.07, 6.45) is 7.07. The summed E-state index contributed by atoms with van der Waals surface area (Å²) in [5, 5.41) is 12.6. The molecule has 194 valence electrons. The van der Waals surface area contributed by atoms with Crippen LogP contribution in [0.15, 0.2) is 30.3 Å². The maximum absolute atomic E-state index is 13.2. The summed E-state index contributed by atoms with van der Waals surface area (Å²) < 4.78 is 5.54. The van der Waals surface area contributed by atoms with Crippen LogP contribution in [0.4, 0.5) is 4.79 Å². The molecule has 0 aromatic heterocycles. The zero-order valence-electron chi connectivity index (χ0n) is 21.1. The van der Waals surface area contributed by atoms with E-state index in [1.54, 1.807) is 6.92 Å². The number of ether oxygens (including phenoxy) is 1. The molecular weight excluding hydrogens is 450 g/mol. The molecule has 0 bridgehead atoms. The number of esters is 1. The van der Waals surface area contributed by atoms with Crippen LogP contribution in [0.1, 0.15) is 70.8 Å². The van der Waals surface area contributed by atoms with Gasteiger partial charge in [-0.25, -0.2) is 14.5 Å². The number of aliphatic carboxylic acids is 1. The van der Waals surface area contributed by atoms with Crippen molar-refractivity contribution in [2.75, 3.05) is 13.6 Å². The van der Waals surface area contributed by atoms with Gasteiger partial charge in [-0.15, -0.1) is 0 Å². The molecule has 1 saturated heterocycles. The second-order valence-electron chi connectivity index (χ2n) is 9.06. The van der Waals surface area contributed by atoms with Crippen LogP contribution in [0.2, 0.25) is 0 Å². The standard InChI is InChI=1S/C26H39N3O6/c1-4-6-7-8-9-13-16-21(25(33)35-18-19-14-11-10-12-15-19)27-20(5-2)23(30)29-22(24(31)32)17-28(3)26(29)34/h10-12,14-15,20-22,27H,4-9,13,16-18H2,1-3H3,(H,31,32)/t20-,21+,22+/m1/s1. The van der Waals surface area contributed by atoms with Gasteiger partial charge in [0, 0.05) is 7.05 Å². The van der Waals surface area contributed by atoms with Crippen molar-refractivity contribution in [2.45, 2.75) is 89.9 Å². The fourth-order valence-electron chi connectivity index (χ4n) is 4.17. The lowest BCUT2D eigenvalue weighted by atomic mass is 10.0. The quantitative estimate of drug-likeness (QED) is 0.286. The van der Waals surface area contributed by atoms with Gasteiger partial charge in [-0.1, -0.05) is 82.7 Å². The van der Waals surface area contributed by atoms with Gasteiger partial charge in [-0.2, -0.15) is 0 Å². The van der Waals surface area contributed by atoms with Gasteiger partial charge in [-0.05, 0) is 18.4 Å². The van der Waals surface area contributed by atoms with Gasteiger partial charge in [0.2, 0.25) is 5.91 Å². The molecule has 0 aliphatic carbocycles. The van der Waals surface area contributed by atoms with Gasteiger partial charge in [-0.3, -0.25) is 14.9 Å². The molecule has 0 saturated carbocycles. The minimum Gasteiger partial charge on any atom is -0.480 e. The average Bonchev–Trinajstić information content (AvgIpc) is 3.16. The minimum atomic E-state index is -1.25. The summed E-state index contributed by atoms with van der Waals surface area (Å²) >= 11 is 0. The van der Waals surface area contributed by atoms with E-state index in [9.17, 15) is 24.3 Å². The molecule has 1 aromatic carbocycles. The van der Waals surface area contributed by atoms with Crippen molar-refractivity contribution in [2.24, 2.45) is 0 Å². The van der Waals surface area contributed by atoms with Crippen LogP contribution < -0.4 is 5.32 Å². The summed E-state index contributed by atoms with van der Waals surface area (Å²) in [4.78, 5) is 52.4. The first-order valence-electron chi connectivity index (χ1n) is 12.6. The molecule has 1 fully saturated rings. The highest BCUT2D eigenvalue weighted by Gasteiger charge is 2.45. The minimum absolute atomic E-state index is 0.0728. The number of urea groups is 1.